The molecule has 0 radical (unpaired) electrons. The first-order valence-corrected chi connectivity index (χ1v) is 7.32. The van der Waals surface area contributed by atoms with Crippen molar-refractivity contribution in [1.29, 1.82) is 5.26 Å². The second kappa shape index (κ2) is 5.94. The zero-order chi connectivity index (χ0) is 13.9. The molecule has 0 unspecified atom stereocenters. The molecule has 1 aromatic carbocycles. The van der Waals surface area contributed by atoms with Crippen LogP contribution in [0.3, 0.4) is 0 Å². The number of piperidine rings is 1. The highest BCUT2D eigenvalue weighted by molar-refractivity contribution is 9.10. The third kappa shape index (κ3) is 3.49. The first-order chi connectivity index (χ1) is 9.06. The fraction of sp³-hybridized carbons (Fsp3) is 0.533. The van der Waals surface area contributed by atoms with Gasteiger partial charge < -0.3 is 4.74 Å². The minimum atomic E-state index is -0.141. The Bertz CT molecular complexity index is 487. The van der Waals surface area contributed by atoms with Gasteiger partial charge in [0, 0.05) is 16.6 Å². The highest BCUT2D eigenvalue weighted by atomic mass is 79.9. The summed E-state index contributed by atoms with van der Waals surface area (Å²) >= 11 is 3.50. The van der Waals surface area contributed by atoms with Gasteiger partial charge in [0.05, 0.1) is 18.6 Å². The molecule has 1 aliphatic rings. The van der Waals surface area contributed by atoms with Gasteiger partial charge in [-0.2, -0.15) is 5.26 Å². The van der Waals surface area contributed by atoms with E-state index < -0.39 is 0 Å². The third-order valence-electron chi connectivity index (χ3n) is 3.87. The standard InChI is InChI=1S/C15H19BrN2O/c1-15(11-17)5-7-18(8-6-15)10-12-9-13(16)3-4-14(12)19-2/h3-4,9H,5-8,10H2,1-2H3. The summed E-state index contributed by atoms with van der Waals surface area (Å²) in [6.07, 6.45) is 1.89. The van der Waals surface area contributed by atoms with Gasteiger partial charge in [-0.1, -0.05) is 15.9 Å². The molecule has 1 heterocycles. The molecule has 2 rings (SSSR count). The number of hydrogen-bond acceptors (Lipinski definition) is 3. The average Bonchev–Trinajstić information content (AvgIpc) is 2.42. The van der Waals surface area contributed by atoms with Crippen molar-refractivity contribution in [1.82, 2.24) is 4.90 Å². The maximum absolute atomic E-state index is 9.15. The van der Waals surface area contributed by atoms with Gasteiger partial charge in [-0.25, -0.2) is 0 Å². The highest BCUT2D eigenvalue weighted by Crippen LogP contribution is 2.32. The van der Waals surface area contributed by atoms with Crippen LogP contribution < -0.4 is 4.74 Å². The lowest BCUT2D eigenvalue weighted by Crippen LogP contribution is -2.37. The summed E-state index contributed by atoms with van der Waals surface area (Å²) < 4.78 is 6.48. The van der Waals surface area contributed by atoms with Crippen LogP contribution in [0.4, 0.5) is 0 Å². The van der Waals surface area contributed by atoms with Crippen molar-refractivity contribution < 1.29 is 4.74 Å². The zero-order valence-electron chi connectivity index (χ0n) is 11.4. The number of nitriles is 1. The first kappa shape index (κ1) is 14.4. The predicted octanol–water partition coefficient (Wildman–Crippen LogP) is 3.58. The van der Waals surface area contributed by atoms with E-state index in [4.69, 9.17) is 10.00 Å². The van der Waals surface area contributed by atoms with Crippen LogP contribution in [0.1, 0.15) is 25.3 Å². The summed E-state index contributed by atoms with van der Waals surface area (Å²) in [6.45, 7) is 4.88. The van der Waals surface area contributed by atoms with Crippen molar-refractivity contribution in [2.45, 2.75) is 26.3 Å². The molecule has 0 bridgehead atoms. The fourth-order valence-electron chi connectivity index (χ4n) is 2.43. The minimum absolute atomic E-state index is 0.141. The molecule has 0 amide bonds. The molecule has 4 heteroatoms. The molecule has 1 saturated heterocycles. The van der Waals surface area contributed by atoms with Crippen molar-refractivity contribution in [3.05, 3.63) is 28.2 Å². The van der Waals surface area contributed by atoms with Crippen LogP contribution in [0, 0.1) is 16.7 Å². The van der Waals surface area contributed by atoms with Crippen molar-refractivity contribution >= 4 is 15.9 Å². The number of benzene rings is 1. The normalized spacial score (nSPS) is 18.8. The molecular weight excluding hydrogens is 304 g/mol. The Morgan fingerprint density at radius 3 is 2.68 bits per heavy atom. The van der Waals surface area contributed by atoms with Crippen LogP contribution in [0.15, 0.2) is 22.7 Å². The van der Waals surface area contributed by atoms with Gasteiger partial charge in [0.2, 0.25) is 0 Å². The van der Waals surface area contributed by atoms with E-state index in [-0.39, 0.29) is 5.41 Å². The Labute approximate surface area is 123 Å². The molecule has 102 valence electrons. The Morgan fingerprint density at radius 2 is 2.11 bits per heavy atom. The van der Waals surface area contributed by atoms with Crippen LogP contribution in [0.5, 0.6) is 5.75 Å². The second-order valence-electron chi connectivity index (χ2n) is 5.40. The molecule has 1 aliphatic heterocycles. The topological polar surface area (TPSA) is 36.3 Å². The van der Waals surface area contributed by atoms with Gasteiger partial charge in [0.25, 0.3) is 0 Å². The van der Waals surface area contributed by atoms with Crippen molar-refractivity contribution in [2.24, 2.45) is 5.41 Å². The van der Waals surface area contributed by atoms with Crippen molar-refractivity contribution in [3.8, 4) is 11.8 Å². The van der Waals surface area contributed by atoms with Crippen molar-refractivity contribution in [2.75, 3.05) is 20.2 Å². The third-order valence-corrected chi connectivity index (χ3v) is 4.36. The number of hydrogen-bond donors (Lipinski definition) is 0. The van der Waals surface area contributed by atoms with Crippen LogP contribution >= 0.6 is 15.9 Å². The molecule has 0 atom stereocenters. The van der Waals surface area contributed by atoms with E-state index in [1.54, 1.807) is 7.11 Å². The number of rotatable bonds is 3. The number of likely N-dealkylation sites (tertiary alicyclic amines) is 1. The highest BCUT2D eigenvalue weighted by Gasteiger charge is 2.29. The van der Waals surface area contributed by atoms with Gasteiger partial charge in [0.1, 0.15) is 5.75 Å². The second-order valence-corrected chi connectivity index (χ2v) is 6.32. The van der Waals surface area contributed by atoms with E-state index in [1.165, 1.54) is 5.56 Å². The summed E-state index contributed by atoms with van der Waals surface area (Å²) in [5.41, 5.74) is 1.05. The molecule has 0 aliphatic carbocycles. The van der Waals surface area contributed by atoms with Gasteiger partial charge in [0.15, 0.2) is 0 Å². The molecule has 0 aromatic heterocycles. The summed E-state index contributed by atoms with van der Waals surface area (Å²) in [4.78, 5) is 2.39. The Morgan fingerprint density at radius 1 is 1.42 bits per heavy atom. The van der Waals surface area contributed by atoms with E-state index in [2.05, 4.69) is 39.9 Å². The Hall–Kier alpha value is -1.05. The Kier molecular flexibility index (Phi) is 4.49. The summed E-state index contributed by atoms with van der Waals surface area (Å²) in [5, 5.41) is 9.15. The lowest BCUT2D eigenvalue weighted by atomic mass is 9.82. The van der Waals surface area contributed by atoms with E-state index in [1.807, 2.05) is 12.1 Å². The van der Waals surface area contributed by atoms with Gasteiger partial charge >= 0.3 is 0 Å². The minimum Gasteiger partial charge on any atom is -0.496 e. The molecule has 0 saturated carbocycles. The first-order valence-electron chi connectivity index (χ1n) is 6.52. The van der Waals surface area contributed by atoms with Crippen molar-refractivity contribution in [3.63, 3.8) is 0 Å². The zero-order valence-corrected chi connectivity index (χ0v) is 13.0. The maximum Gasteiger partial charge on any atom is 0.123 e. The van der Waals surface area contributed by atoms with E-state index in [0.717, 1.165) is 42.7 Å². The summed E-state index contributed by atoms with van der Waals surface area (Å²) in [7, 11) is 1.70. The quantitative estimate of drug-likeness (QED) is 0.853. The number of methoxy groups -OCH3 is 1. The van der Waals surface area contributed by atoms with Crippen LogP contribution in [-0.2, 0) is 6.54 Å². The molecule has 0 N–H and O–H groups in total. The predicted molar refractivity (Wildman–Crippen MR) is 78.9 cm³/mol. The summed E-state index contributed by atoms with van der Waals surface area (Å²) in [6, 6.07) is 8.53. The Balaban J connectivity index is 2.03. The largest absolute Gasteiger partial charge is 0.496 e. The lowest BCUT2D eigenvalue weighted by Gasteiger charge is -2.35. The molecule has 19 heavy (non-hydrogen) atoms. The fourth-order valence-corrected chi connectivity index (χ4v) is 2.84. The average molecular weight is 323 g/mol. The van der Waals surface area contributed by atoms with E-state index >= 15 is 0 Å². The molecule has 1 fully saturated rings. The van der Waals surface area contributed by atoms with Crippen LogP contribution in [0.25, 0.3) is 0 Å². The molecule has 1 aromatic rings. The molecule has 0 spiro atoms. The summed E-state index contributed by atoms with van der Waals surface area (Å²) in [5.74, 6) is 0.928. The monoisotopic (exact) mass is 322 g/mol. The van der Waals surface area contributed by atoms with Gasteiger partial charge in [-0.05, 0) is 51.1 Å². The van der Waals surface area contributed by atoms with Crippen LogP contribution in [-0.4, -0.2) is 25.1 Å². The molecule has 3 nitrogen and oxygen atoms in total. The SMILES string of the molecule is COc1ccc(Br)cc1CN1CCC(C)(C#N)CC1. The number of nitrogens with zero attached hydrogens (tertiary/aromatic N) is 2. The van der Waals surface area contributed by atoms with Gasteiger partial charge in [-0.15, -0.1) is 0 Å². The number of ether oxygens (including phenoxy) is 1. The maximum atomic E-state index is 9.15. The lowest BCUT2D eigenvalue weighted by molar-refractivity contribution is 0.149. The number of halogens is 1. The molecular formula is C15H19BrN2O. The van der Waals surface area contributed by atoms with E-state index in [0.29, 0.717) is 0 Å². The van der Waals surface area contributed by atoms with E-state index in [9.17, 15) is 0 Å². The van der Waals surface area contributed by atoms with Gasteiger partial charge in [-0.3, -0.25) is 4.90 Å². The smallest absolute Gasteiger partial charge is 0.123 e. The van der Waals surface area contributed by atoms with Crippen LogP contribution in [0.2, 0.25) is 0 Å².